The Morgan fingerprint density at radius 3 is 1.32 bits per heavy atom. The first-order valence-corrected chi connectivity index (χ1v) is 12.9. The first-order chi connectivity index (χ1) is 10.8. The molecule has 0 aliphatic heterocycles. The Balaban J connectivity index is 1.81. The van der Waals surface area contributed by atoms with E-state index in [4.69, 9.17) is 19.7 Å². The van der Waals surface area contributed by atoms with Crippen molar-refractivity contribution in [2.45, 2.75) is 0 Å². The topological polar surface area (TPSA) is 58.9 Å². The van der Waals surface area contributed by atoms with Gasteiger partial charge >= 0.3 is 141 Å². The van der Waals surface area contributed by atoms with Gasteiger partial charge in [-0.3, -0.25) is 0 Å². The van der Waals surface area contributed by atoms with Gasteiger partial charge in [-0.2, -0.15) is 0 Å². The van der Waals surface area contributed by atoms with Gasteiger partial charge < -0.3 is 0 Å². The van der Waals surface area contributed by atoms with Crippen LogP contribution in [-0.4, -0.2) is 62.9 Å². The van der Waals surface area contributed by atoms with Crippen LogP contribution in [0.1, 0.15) is 0 Å². The number of hydrogen-bond acceptors (Lipinski definition) is 4. The molecule has 2 N–H and O–H groups in total. The van der Waals surface area contributed by atoms with Crippen molar-refractivity contribution in [2.75, 3.05) is 26.4 Å². The molecule has 0 aromatic heterocycles. The summed E-state index contributed by atoms with van der Waals surface area (Å²) in [7, 11) is 0. The van der Waals surface area contributed by atoms with Crippen LogP contribution >= 0.6 is 0 Å². The van der Waals surface area contributed by atoms with Crippen LogP contribution in [-0.2, 0) is 0 Å². The van der Waals surface area contributed by atoms with E-state index in [0.29, 0.717) is 39.5 Å². The molecule has 118 valence electrons. The zero-order valence-corrected chi connectivity index (χ0v) is 15.4. The van der Waals surface area contributed by atoms with E-state index in [-0.39, 0.29) is 13.2 Å². The molecule has 0 fully saturated rings. The molecule has 0 saturated carbocycles. The number of aliphatic hydroxyl groups excluding tert-OH is 2. The van der Waals surface area contributed by atoms with Gasteiger partial charge in [-0.05, 0) is 0 Å². The van der Waals surface area contributed by atoms with E-state index in [1.54, 1.807) is 0 Å². The minimum atomic E-state index is 0.0345. The fourth-order valence-electron chi connectivity index (χ4n) is 1.61. The van der Waals surface area contributed by atoms with Crippen LogP contribution in [0.2, 0.25) is 0 Å². The molecule has 4 nitrogen and oxygen atoms in total. The summed E-state index contributed by atoms with van der Waals surface area (Å²) in [6, 6.07) is 16.2. The molecule has 2 rings (SSSR count). The number of ether oxygens (including phenoxy) is 2. The fraction of sp³-hybridized carbons (Fsp3) is 0.250. The number of aliphatic hydroxyl groups is 2. The Labute approximate surface area is 141 Å². The van der Waals surface area contributed by atoms with E-state index in [1.807, 2.05) is 24.3 Å². The quantitative estimate of drug-likeness (QED) is 0.535. The van der Waals surface area contributed by atoms with Crippen LogP contribution in [0.3, 0.4) is 0 Å². The van der Waals surface area contributed by atoms with E-state index in [1.165, 1.54) is 8.92 Å². The van der Waals surface area contributed by atoms with E-state index >= 15 is 0 Å². The number of benzene rings is 2. The van der Waals surface area contributed by atoms with E-state index in [9.17, 15) is 0 Å². The molecule has 0 saturated heterocycles. The maximum absolute atomic E-state index is 8.72. The second-order valence-electron chi connectivity index (χ2n) is 4.25. The molecule has 22 heavy (non-hydrogen) atoms. The second kappa shape index (κ2) is 9.90. The van der Waals surface area contributed by atoms with E-state index in [2.05, 4.69) is 24.3 Å². The van der Waals surface area contributed by atoms with Crippen molar-refractivity contribution in [1.29, 1.82) is 0 Å². The Kier molecular flexibility index (Phi) is 7.81. The summed E-state index contributed by atoms with van der Waals surface area (Å²) >= 11 is 0.853. The number of hydrogen-bond donors (Lipinski definition) is 2. The molecule has 2 aromatic carbocycles. The van der Waals surface area contributed by atoms with Crippen molar-refractivity contribution >= 4 is 35.2 Å². The average molecular weight is 432 g/mol. The maximum atomic E-state index is 8.72. The zero-order valence-electron chi connectivity index (χ0n) is 12.0. The van der Waals surface area contributed by atoms with Crippen LogP contribution in [0, 0.1) is 0 Å². The van der Waals surface area contributed by atoms with Gasteiger partial charge in [0, 0.05) is 0 Å². The van der Waals surface area contributed by atoms with Crippen molar-refractivity contribution < 1.29 is 19.7 Å². The van der Waals surface area contributed by atoms with Gasteiger partial charge in [0.05, 0.1) is 0 Å². The second-order valence-corrected chi connectivity index (χ2v) is 10.6. The van der Waals surface area contributed by atoms with Gasteiger partial charge in [0.1, 0.15) is 0 Å². The van der Waals surface area contributed by atoms with Crippen molar-refractivity contribution in [1.82, 2.24) is 0 Å². The minimum absolute atomic E-state index is 0.0345. The monoisotopic (exact) mass is 434 g/mol. The molecule has 0 amide bonds. The Morgan fingerprint density at radius 1 is 0.636 bits per heavy atom. The van der Waals surface area contributed by atoms with Gasteiger partial charge in [-0.25, -0.2) is 0 Å². The first-order valence-electron chi connectivity index (χ1n) is 6.84. The Bertz CT molecular complexity index is 492. The van der Waals surface area contributed by atoms with Gasteiger partial charge in [-0.15, -0.1) is 0 Å². The van der Waals surface area contributed by atoms with Crippen LogP contribution < -0.4 is 18.4 Å². The molecule has 0 aliphatic carbocycles. The molecule has 0 aliphatic rings. The molecule has 0 spiro atoms. The van der Waals surface area contributed by atoms with Crippen LogP contribution in [0.15, 0.2) is 48.5 Å². The molecule has 0 unspecified atom stereocenters. The molecule has 0 bridgehead atoms. The molecular formula is C16H18O4Se2. The Morgan fingerprint density at radius 2 is 1.00 bits per heavy atom. The third-order valence-corrected chi connectivity index (χ3v) is 9.83. The van der Waals surface area contributed by atoms with Crippen molar-refractivity contribution in [2.24, 2.45) is 0 Å². The summed E-state index contributed by atoms with van der Waals surface area (Å²) in [5.74, 6) is 1.60. The summed E-state index contributed by atoms with van der Waals surface area (Å²) in [5, 5.41) is 17.4. The predicted molar refractivity (Wildman–Crippen MR) is 88.8 cm³/mol. The van der Waals surface area contributed by atoms with Gasteiger partial charge in [-0.1, -0.05) is 0 Å². The number of rotatable bonds is 9. The van der Waals surface area contributed by atoms with Crippen molar-refractivity contribution in [3.8, 4) is 11.5 Å². The van der Waals surface area contributed by atoms with E-state index in [0.717, 1.165) is 11.5 Å². The van der Waals surface area contributed by atoms with Crippen LogP contribution in [0.4, 0.5) is 0 Å². The zero-order chi connectivity index (χ0) is 15.6. The summed E-state index contributed by atoms with van der Waals surface area (Å²) in [6.45, 7) is 0.734. The summed E-state index contributed by atoms with van der Waals surface area (Å²) in [5.41, 5.74) is 0. The third-order valence-electron chi connectivity index (χ3n) is 2.60. The van der Waals surface area contributed by atoms with Crippen LogP contribution in [0.25, 0.3) is 0 Å². The molecule has 0 radical (unpaired) electrons. The molecule has 2 aromatic rings. The third kappa shape index (κ3) is 6.01. The summed E-state index contributed by atoms with van der Waals surface area (Å²) < 4.78 is 13.4. The molecule has 0 atom stereocenters. The SMILES string of the molecule is OCCOc1ccc([Se][Se]c2ccc(OCCO)cc2)cc1. The van der Waals surface area contributed by atoms with Crippen molar-refractivity contribution in [3.63, 3.8) is 0 Å². The fourth-order valence-corrected chi connectivity index (χ4v) is 7.57. The summed E-state index contributed by atoms with van der Waals surface area (Å²) in [6.07, 6.45) is 0. The molecule has 0 heterocycles. The molecular weight excluding hydrogens is 414 g/mol. The van der Waals surface area contributed by atoms with Gasteiger partial charge in [0.25, 0.3) is 0 Å². The van der Waals surface area contributed by atoms with Gasteiger partial charge in [0.15, 0.2) is 0 Å². The predicted octanol–water partition coefficient (Wildman–Crippen LogP) is -0.297. The normalized spacial score (nSPS) is 10.5. The molecule has 6 heteroatoms. The van der Waals surface area contributed by atoms with Gasteiger partial charge in [0.2, 0.25) is 0 Å². The summed E-state index contributed by atoms with van der Waals surface area (Å²) in [4.78, 5) is 0. The van der Waals surface area contributed by atoms with Crippen molar-refractivity contribution in [3.05, 3.63) is 48.5 Å². The average Bonchev–Trinajstić information content (AvgIpc) is 2.58. The first kappa shape index (κ1) is 17.4. The standard InChI is InChI=1S/C16H18O4Se2/c17-9-11-19-13-1-5-15(6-2-13)21-22-16-7-3-14(4-8-16)20-12-10-18/h1-8,17-18H,9-12H2. The Hall–Kier alpha value is -1.00. The van der Waals surface area contributed by atoms with E-state index < -0.39 is 0 Å². The van der Waals surface area contributed by atoms with Crippen LogP contribution in [0.5, 0.6) is 11.5 Å².